The Morgan fingerprint density at radius 1 is 1.19 bits per heavy atom. The number of anilines is 2. The van der Waals surface area contributed by atoms with Gasteiger partial charge in [0.1, 0.15) is 5.75 Å². The molecule has 1 amide bonds. The molecular weight excluding hydrogens is 448 g/mol. The van der Waals surface area contributed by atoms with Crippen molar-refractivity contribution < 1.29 is 17.9 Å². The monoisotopic (exact) mass is 472 g/mol. The Kier molecular flexibility index (Phi) is 5.91. The lowest BCUT2D eigenvalue weighted by Gasteiger charge is -2.21. The topological polar surface area (TPSA) is 110 Å². The van der Waals surface area contributed by atoms with E-state index in [1.807, 2.05) is 18.2 Å². The van der Waals surface area contributed by atoms with Crippen LogP contribution in [0, 0.1) is 0 Å². The van der Waals surface area contributed by atoms with Crippen LogP contribution in [0.4, 0.5) is 10.8 Å². The van der Waals surface area contributed by atoms with Crippen LogP contribution in [0.15, 0.2) is 48.0 Å². The van der Waals surface area contributed by atoms with E-state index in [2.05, 4.69) is 20.0 Å². The minimum absolute atomic E-state index is 0.244. The minimum Gasteiger partial charge on any atom is -0.497 e. The van der Waals surface area contributed by atoms with E-state index in [4.69, 9.17) is 4.74 Å². The molecule has 3 aromatic rings. The van der Waals surface area contributed by atoms with Crippen molar-refractivity contribution in [2.75, 3.05) is 17.1 Å². The fraction of sp³-hybridized carbons (Fsp3) is 0.318. The number of hydrogen-bond donors (Lipinski definition) is 2. The Balaban J connectivity index is 1.44. The molecule has 0 atom stereocenters. The van der Waals surface area contributed by atoms with Crippen LogP contribution in [0.3, 0.4) is 0 Å². The first-order valence-electron chi connectivity index (χ1n) is 10.1. The highest BCUT2D eigenvalue weighted by Crippen LogP contribution is 2.33. The highest BCUT2D eigenvalue weighted by atomic mass is 32.2. The average Bonchev–Trinajstić information content (AvgIpc) is 3.54. The number of nitrogens with one attached hydrogen (secondary N) is 2. The third-order valence-corrected chi connectivity index (χ3v) is 8.02. The maximum absolute atomic E-state index is 13.0. The summed E-state index contributed by atoms with van der Waals surface area (Å²) in [5, 5.41) is 4.57. The van der Waals surface area contributed by atoms with E-state index >= 15 is 0 Å². The highest BCUT2D eigenvalue weighted by Gasteiger charge is 2.37. The number of nitrogens with zero attached hydrogens (tertiary/aromatic N) is 2. The number of carbonyl (C=O) groups excluding carboxylic acids is 1. The Morgan fingerprint density at radius 2 is 1.91 bits per heavy atom. The smallest absolute Gasteiger partial charge is 0.237 e. The van der Waals surface area contributed by atoms with Gasteiger partial charge in [-0.05, 0) is 44.9 Å². The molecule has 0 spiro atoms. The molecule has 0 unspecified atom stereocenters. The molecule has 10 heteroatoms. The standard InChI is InChI=1S/C22H24N4O4S2/c1-22(2,19-13-31-21(25-19)26-32(28,29)17-8-9-17)20(27)24-15-6-4-14(5-7-15)18-12-16(30-3)10-11-23-18/h4-7,10-13,17H,8-9H2,1-3H3,(H,24,27)(H,25,26). The molecule has 0 aliphatic heterocycles. The van der Waals surface area contributed by atoms with E-state index < -0.39 is 15.4 Å². The lowest BCUT2D eigenvalue weighted by molar-refractivity contribution is -0.120. The molecule has 4 rings (SSSR count). The van der Waals surface area contributed by atoms with Gasteiger partial charge in [0.25, 0.3) is 0 Å². The molecule has 168 valence electrons. The summed E-state index contributed by atoms with van der Waals surface area (Å²) in [5.41, 5.74) is 1.86. The van der Waals surface area contributed by atoms with Crippen LogP contribution in [0.2, 0.25) is 0 Å². The summed E-state index contributed by atoms with van der Waals surface area (Å²) in [4.78, 5) is 21.7. The molecule has 1 saturated carbocycles. The van der Waals surface area contributed by atoms with Gasteiger partial charge in [0.15, 0.2) is 5.13 Å². The van der Waals surface area contributed by atoms with Gasteiger partial charge in [-0.2, -0.15) is 0 Å². The summed E-state index contributed by atoms with van der Waals surface area (Å²) in [6, 6.07) is 11.0. The largest absolute Gasteiger partial charge is 0.497 e. The van der Waals surface area contributed by atoms with Crippen molar-refractivity contribution in [1.82, 2.24) is 9.97 Å². The van der Waals surface area contributed by atoms with Crippen molar-refractivity contribution in [3.8, 4) is 17.0 Å². The number of rotatable bonds is 8. The summed E-state index contributed by atoms with van der Waals surface area (Å²) in [7, 11) is -1.78. The van der Waals surface area contributed by atoms with Gasteiger partial charge in [0.2, 0.25) is 15.9 Å². The van der Waals surface area contributed by atoms with E-state index in [9.17, 15) is 13.2 Å². The first-order valence-corrected chi connectivity index (χ1v) is 12.5. The van der Waals surface area contributed by atoms with Gasteiger partial charge in [0.05, 0.1) is 29.2 Å². The fourth-order valence-corrected chi connectivity index (χ4v) is 5.49. The minimum atomic E-state index is -3.39. The average molecular weight is 473 g/mol. The fourth-order valence-electron chi connectivity index (χ4n) is 3.02. The molecule has 1 aromatic carbocycles. The molecule has 0 radical (unpaired) electrons. The number of thiazole rings is 1. The molecule has 1 fully saturated rings. The zero-order valence-electron chi connectivity index (χ0n) is 18.0. The second-order valence-electron chi connectivity index (χ2n) is 8.12. The number of carbonyl (C=O) groups is 1. The normalized spacial score (nSPS) is 14.1. The molecule has 2 heterocycles. The number of hydrogen-bond acceptors (Lipinski definition) is 7. The first-order chi connectivity index (χ1) is 15.2. The quantitative estimate of drug-likeness (QED) is 0.512. The molecule has 2 aromatic heterocycles. The van der Waals surface area contributed by atoms with Gasteiger partial charge in [-0.15, -0.1) is 11.3 Å². The van der Waals surface area contributed by atoms with Gasteiger partial charge in [-0.1, -0.05) is 12.1 Å². The van der Waals surface area contributed by atoms with Crippen LogP contribution < -0.4 is 14.8 Å². The van der Waals surface area contributed by atoms with Crippen LogP contribution in [0.25, 0.3) is 11.3 Å². The zero-order valence-corrected chi connectivity index (χ0v) is 19.6. The van der Waals surface area contributed by atoms with Crippen molar-refractivity contribution in [3.63, 3.8) is 0 Å². The van der Waals surface area contributed by atoms with Crippen molar-refractivity contribution in [1.29, 1.82) is 0 Å². The van der Waals surface area contributed by atoms with E-state index in [-0.39, 0.29) is 16.3 Å². The van der Waals surface area contributed by atoms with E-state index in [1.165, 1.54) is 11.3 Å². The molecule has 1 aliphatic rings. The highest BCUT2D eigenvalue weighted by molar-refractivity contribution is 7.93. The van der Waals surface area contributed by atoms with Gasteiger partial charge in [0, 0.05) is 28.9 Å². The summed E-state index contributed by atoms with van der Waals surface area (Å²) < 4.78 is 32.0. The molecule has 0 bridgehead atoms. The van der Waals surface area contributed by atoms with Gasteiger partial charge < -0.3 is 10.1 Å². The Labute approximate surface area is 191 Å². The van der Waals surface area contributed by atoms with Crippen LogP contribution in [-0.4, -0.2) is 36.7 Å². The Hall–Kier alpha value is -2.98. The summed E-state index contributed by atoms with van der Waals surface area (Å²) in [5.74, 6) is 0.475. The van der Waals surface area contributed by atoms with Crippen LogP contribution >= 0.6 is 11.3 Å². The molecule has 32 heavy (non-hydrogen) atoms. The first kappa shape index (κ1) is 22.2. The molecule has 8 nitrogen and oxygen atoms in total. The third-order valence-electron chi connectivity index (χ3n) is 5.31. The molecule has 2 N–H and O–H groups in total. The SMILES string of the molecule is COc1ccnc(-c2ccc(NC(=O)C(C)(C)c3csc(NS(=O)(=O)C4CC4)n3)cc2)c1. The predicted octanol–water partition coefficient (Wildman–Crippen LogP) is 4.03. The number of sulfonamides is 1. The van der Waals surface area contributed by atoms with Crippen LogP contribution in [-0.2, 0) is 20.2 Å². The lowest BCUT2D eigenvalue weighted by atomic mass is 9.89. The van der Waals surface area contributed by atoms with E-state index in [0.717, 1.165) is 17.0 Å². The predicted molar refractivity (Wildman–Crippen MR) is 126 cm³/mol. The maximum Gasteiger partial charge on any atom is 0.237 e. The van der Waals surface area contributed by atoms with E-state index in [1.54, 1.807) is 50.7 Å². The Bertz CT molecular complexity index is 1230. The summed E-state index contributed by atoms with van der Waals surface area (Å²) in [6.45, 7) is 3.51. The molecule has 0 saturated heterocycles. The van der Waals surface area contributed by atoms with Gasteiger partial charge >= 0.3 is 0 Å². The van der Waals surface area contributed by atoms with Crippen molar-refractivity contribution >= 4 is 38.1 Å². The van der Waals surface area contributed by atoms with Crippen LogP contribution in [0.1, 0.15) is 32.4 Å². The van der Waals surface area contributed by atoms with Crippen molar-refractivity contribution in [2.24, 2.45) is 0 Å². The summed E-state index contributed by atoms with van der Waals surface area (Å²) >= 11 is 1.18. The third kappa shape index (κ3) is 4.76. The number of benzene rings is 1. The summed E-state index contributed by atoms with van der Waals surface area (Å²) in [6.07, 6.45) is 3.03. The van der Waals surface area contributed by atoms with Crippen molar-refractivity contribution in [3.05, 3.63) is 53.7 Å². The van der Waals surface area contributed by atoms with Gasteiger partial charge in [-0.3, -0.25) is 14.5 Å². The van der Waals surface area contributed by atoms with Crippen LogP contribution in [0.5, 0.6) is 5.75 Å². The molecule has 1 aliphatic carbocycles. The molecular formula is C22H24N4O4S2. The number of methoxy groups -OCH3 is 1. The zero-order chi connectivity index (χ0) is 22.9. The number of pyridine rings is 1. The maximum atomic E-state index is 13.0. The second-order valence-corrected chi connectivity index (χ2v) is 10.9. The lowest BCUT2D eigenvalue weighted by Crippen LogP contribution is -2.35. The number of amides is 1. The van der Waals surface area contributed by atoms with E-state index in [0.29, 0.717) is 24.2 Å². The Morgan fingerprint density at radius 3 is 2.56 bits per heavy atom. The van der Waals surface area contributed by atoms with Gasteiger partial charge in [-0.25, -0.2) is 13.4 Å². The second kappa shape index (κ2) is 8.51. The van der Waals surface area contributed by atoms with Crippen molar-refractivity contribution in [2.45, 2.75) is 37.4 Å². The number of aromatic nitrogens is 2. The number of ether oxygens (including phenoxy) is 1.